The molecule has 0 aliphatic carbocycles. The first kappa shape index (κ1) is 19.5. The van der Waals surface area contributed by atoms with Crippen molar-refractivity contribution in [3.63, 3.8) is 0 Å². The summed E-state index contributed by atoms with van der Waals surface area (Å²) in [6.45, 7) is 4.84. The fraction of sp³-hybridized carbons (Fsp3) is 0.381. The minimum absolute atomic E-state index is 0.0914. The minimum Gasteiger partial charge on any atom is -0.496 e. The van der Waals surface area contributed by atoms with Gasteiger partial charge in [-0.2, -0.15) is 0 Å². The van der Waals surface area contributed by atoms with Crippen molar-refractivity contribution in [1.29, 1.82) is 0 Å². The van der Waals surface area contributed by atoms with Gasteiger partial charge in [0.2, 0.25) is 0 Å². The van der Waals surface area contributed by atoms with Crippen molar-refractivity contribution in [3.8, 4) is 5.75 Å². The second-order valence-corrected chi connectivity index (χ2v) is 7.43. The van der Waals surface area contributed by atoms with Crippen LogP contribution in [0.25, 0.3) is 0 Å². The second kappa shape index (κ2) is 8.63. The first-order valence-electron chi connectivity index (χ1n) is 9.14. The number of likely N-dealkylation sites (tertiary alicyclic amines) is 1. The minimum atomic E-state index is -0.158. The van der Waals surface area contributed by atoms with Gasteiger partial charge in [-0.25, -0.2) is 0 Å². The highest BCUT2D eigenvalue weighted by Gasteiger charge is 2.31. The lowest BCUT2D eigenvalue weighted by atomic mass is 10.1. The highest BCUT2D eigenvalue weighted by molar-refractivity contribution is 6.33. The molecule has 1 fully saturated rings. The number of hydrogen-bond acceptors (Lipinski definition) is 4. The van der Waals surface area contributed by atoms with E-state index in [2.05, 4.69) is 46.7 Å². The van der Waals surface area contributed by atoms with Crippen LogP contribution >= 0.6 is 11.6 Å². The van der Waals surface area contributed by atoms with Gasteiger partial charge in [-0.15, -0.1) is 0 Å². The summed E-state index contributed by atoms with van der Waals surface area (Å²) in [5.41, 5.74) is 2.47. The Labute approximate surface area is 165 Å². The van der Waals surface area contributed by atoms with Crippen molar-refractivity contribution < 1.29 is 9.53 Å². The van der Waals surface area contributed by atoms with Crippen LogP contribution in [0.15, 0.2) is 42.5 Å². The van der Waals surface area contributed by atoms with Crippen LogP contribution in [0.5, 0.6) is 5.75 Å². The van der Waals surface area contributed by atoms with Crippen molar-refractivity contribution in [1.82, 2.24) is 10.2 Å². The van der Waals surface area contributed by atoms with Gasteiger partial charge in [0, 0.05) is 38.8 Å². The zero-order chi connectivity index (χ0) is 19.4. The van der Waals surface area contributed by atoms with Gasteiger partial charge in [-0.3, -0.25) is 9.69 Å². The summed E-state index contributed by atoms with van der Waals surface area (Å²) in [5.74, 6) is 0.721. The monoisotopic (exact) mass is 387 g/mol. The van der Waals surface area contributed by atoms with Crippen molar-refractivity contribution in [2.45, 2.75) is 19.5 Å². The molecule has 3 rings (SSSR count). The smallest absolute Gasteiger partial charge is 0.255 e. The third-order valence-electron chi connectivity index (χ3n) is 5.06. The van der Waals surface area contributed by atoms with E-state index in [1.165, 1.54) is 5.56 Å². The molecular formula is C21H26ClN3O2. The molecule has 1 aliphatic rings. The molecule has 1 amide bonds. The number of carbonyl (C=O) groups excluding carboxylic acids is 1. The number of amides is 1. The number of rotatable bonds is 6. The Hall–Kier alpha value is -2.24. The zero-order valence-electron chi connectivity index (χ0n) is 16.0. The predicted molar refractivity (Wildman–Crippen MR) is 110 cm³/mol. The van der Waals surface area contributed by atoms with E-state index < -0.39 is 0 Å². The van der Waals surface area contributed by atoms with E-state index in [1.807, 2.05) is 6.07 Å². The molecule has 2 aromatic rings. The molecule has 144 valence electrons. The maximum atomic E-state index is 12.9. The van der Waals surface area contributed by atoms with Crippen LogP contribution in [0, 0.1) is 5.92 Å². The fourth-order valence-corrected chi connectivity index (χ4v) is 3.82. The van der Waals surface area contributed by atoms with Crippen LogP contribution in [-0.4, -0.2) is 44.1 Å². The van der Waals surface area contributed by atoms with Crippen LogP contribution in [0.2, 0.25) is 5.02 Å². The van der Waals surface area contributed by atoms with E-state index in [4.69, 9.17) is 16.3 Å². The standard InChI is InChI=1S/C21H26ClN3O2/c1-14-11-25(12-15-7-5-4-6-8-15)13-19(14)24-21(26)16-9-17(22)18(23-2)10-20(16)27-3/h4-10,14,19,23H,11-13H2,1-3H3,(H,24,26)/t14-,19-/m1/s1. The maximum Gasteiger partial charge on any atom is 0.255 e. The number of ether oxygens (including phenoxy) is 1. The van der Waals surface area contributed by atoms with Gasteiger partial charge in [0.25, 0.3) is 5.91 Å². The van der Waals surface area contributed by atoms with Gasteiger partial charge in [-0.05, 0) is 17.5 Å². The Bertz CT molecular complexity index is 798. The third kappa shape index (κ3) is 4.54. The number of methoxy groups -OCH3 is 1. The molecule has 1 saturated heterocycles. The van der Waals surface area contributed by atoms with Crippen molar-refractivity contribution in [3.05, 3.63) is 58.6 Å². The summed E-state index contributed by atoms with van der Waals surface area (Å²) in [6.07, 6.45) is 0. The Morgan fingerprint density at radius 1 is 1.26 bits per heavy atom. The largest absolute Gasteiger partial charge is 0.496 e. The lowest BCUT2D eigenvalue weighted by molar-refractivity contribution is 0.0928. The van der Waals surface area contributed by atoms with Crippen molar-refractivity contribution in [2.75, 3.05) is 32.6 Å². The van der Waals surface area contributed by atoms with Gasteiger partial charge in [0.05, 0.1) is 23.4 Å². The molecule has 2 aromatic carbocycles. The third-order valence-corrected chi connectivity index (χ3v) is 5.37. The van der Waals surface area contributed by atoms with E-state index in [-0.39, 0.29) is 11.9 Å². The number of nitrogens with zero attached hydrogens (tertiary/aromatic N) is 1. The lowest BCUT2D eigenvalue weighted by Crippen LogP contribution is -2.40. The van der Waals surface area contributed by atoms with Crippen molar-refractivity contribution in [2.24, 2.45) is 5.92 Å². The average molecular weight is 388 g/mol. The van der Waals surface area contributed by atoms with Gasteiger partial charge < -0.3 is 15.4 Å². The van der Waals surface area contributed by atoms with E-state index in [0.29, 0.717) is 22.3 Å². The highest BCUT2D eigenvalue weighted by atomic mass is 35.5. The van der Waals surface area contributed by atoms with Crippen LogP contribution < -0.4 is 15.4 Å². The summed E-state index contributed by atoms with van der Waals surface area (Å²) < 4.78 is 5.39. The highest BCUT2D eigenvalue weighted by Crippen LogP contribution is 2.31. The molecule has 1 aliphatic heterocycles. The molecule has 2 N–H and O–H groups in total. The van der Waals surface area contributed by atoms with E-state index in [1.54, 1.807) is 26.3 Å². The molecule has 27 heavy (non-hydrogen) atoms. The first-order chi connectivity index (χ1) is 13.0. The lowest BCUT2D eigenvalue weighted by Gasteiger charge is -2.19. The quantitative estimate of drug-likeness (QED) is 0.794. The second-order valence-electron chi connectivity index (χ2n) is 7.02. The van der Waals surface area contributed by atoms with Crippen LogP contribution in [0.4, 0.5) is 5.69 Å². The molecular weight excluding hydrogens is 362 g/mol. The Kier molecular flexibility index (Phi) is 6.24. The molecule has 0 saturated carbocycles. The zero-order valence-corrected chi connectivity index (χ0v) is 16.7. The SMILES string of the molecule is CNc1cc(OC)c(C(=O)N[C@@H]2CN(Cc3ccccc3)C[C@H]2C)cc1Cl. The van der Waals surface area contributed by atoms with Crippen LogP contribution in [0.1, 0.15) is 22.8 Å². The average Bonchev–Trinajstić information content (AvgIpc) is 3.01. The molecule has 1 heterocycles. The molecule has 0 radical (unpaired) electrons. The van der Waals surface area contributed by atoms with Gasteiger partial charge in [-0.1, -0.05) is 48.9 Å². The molecule has 0 unspecified atom stereocenters. The van der Waals surface area contributed by atoms with E-state index >= 15 is 0 Å². The molecule has 0 aromatic heterocycles. The number of nitrogens with one attached hydrogen (secondary N) is 2. The Morgan fingerprint density at radius 3 is 2.67 bits per heavy atom. The number of hydrogen-bond donors (Lipinski definition) is 2. The van der Waals surface area contributed by atoms with Crippen LogP contribution in [-0.2, 0) is 6.54 Å². The molecule has 0 bridgehead atoms. The van der Waals surface area contributed by atoms with Gasteiger partial charge in [0.15, 0.2) is 0 Å². The molecule has 6 heteroatoms. The number of benzene rings is 2. The summed E-state index contributed by atoms with van der Waals surface area (Å²) in [5, 5.41) is 6.65. The van der Waals surface area contributed by atoms with E-state index in [9.17, 15) is 4.79 Å². The van der Waals surface area contributed by atoms with Crippen molar-refractivity contribution >= 4 is 23.2 Å². The topological polar surface area (TPSA) is 53.6 Å². The molecule has 0 spiro atoms. The Morgan fingerprint density at radius 2 is 2.00 bits per heavy atom. The van der Waals surface area contributed by atoms with E-state index in [0.717, 1.165) is 25.3 Å². The summed E-state index contributed by atoms with van der Waals surface area (Å²) in [6, 6.07) is 13.9. The van der Waals surface area contributed by atoms with Gasteiger partial charge >= 0.3 is 0 Å². The normalized spacial score (nSPS) is 19.7. The summed E-state index contributed by atoms with van der Waals surface area (Å²) in [4.78, 5) is 15.2. The van der Waals surface area contributed by atoms with Crippen LogP contribution in [0.3, 0.4) is 0 Å². The summed E-state index contributed by atoms with van der Waals surface area (Å²) in [7, 11) is 3.33. The number of carbonyl (C=O) groups is 1. The number of halogens is 1. The summed E-state index contributed by atoms with van der Waals surface area (Å²) >= 11 is 6.26. The molecule has 5 nitrogen and oxygen atoms in total. The fourth-order valence-electron chi connectivity index (χ4n) is 3.56. The molecule has 2 atom stereocenters. The number of anilines is 1. The maximum absolute atomic E-state index is 12.9. The Balaban J connectivity index is 1.68. The predicted octanol–water partition coefficient (Wildman–Crippen LogP) is 3.64. The first-order valence-corrected chi connectivity index (χ1v) is 9.52. The van der Waals surface area contributed by atoms with Gasteiger partial charge in [0.1, 0.15) is 5.75 Å².